The van der Waals surface area contributed by atoms with Gasteiger partial charge in [0.05, 0.1) is 18.7 Å². The lowest BCUT2D eigenvalue weighted by atomic mass is 10.2. The number of carbonyl (C=O) groups is 3. The van der Waals surface area contributed by atoms with Crippen LogP contribution in [0.5, 0.6) is 11.5 Å². The van der Waals surface area contributed by atoms with Crippen LogP contribution in [0.1, 0.15) is 16.8 Å². The lowest BCUT2D eigenvalue weighted by Gasteiger charge is -2.15. The van der Waals surface area contributed by atoms with E-state index in [2.05, 4.69) is 10.3 Å². The number of anilines is 2. The average molecular weight is 427 g/mol. The summed E-state index contributed by atoms with van der Waals surface area (Å²) in [7, 11) is 1.71. The third-order valence-corrected chi connectivity index (χ3v) is 5.78. The number of hydrogen-bond donors (Lipinski definition) is 2. The summed E-state index contributed by atoms with van der Waals surface area (Å²) in [5, 5.41) is 14.0. The SMILES string of the molecule is C[NH+]=C(Nc1ccc2c(c1)OCO2)SC1CC(=O)N(c2ccc(C(=O)[O-])cc2)C1=O. The number of fused-ring (bicyclic) bond motifs is 1. The smallest absolute Gasteiger partial charge is 0.309 e. The van der Waals surface area contributed by atoms with Gasteiger partial charge in [0.1, 0.15) is 10.9 Å². The van der Waals surface area contributed by atoms with Gasteiger partial charge in [-0.3, -0.25) is 14.6 Å². The normalized spacial score (nSPS) is 18.1. The Balaban J connectivity index is 1.45. The summed E-state index contributed by atoms with van der Waals surface area (Å²) < 4.78 is 10.7. The third kappa shape index (κ3) is 3.81. The summed E-state index contributed by atoms with van der Waals surface area (Å²) in [4.78, 5) is 40.3. The summed E-state index contributed by atoms with van der Waals surface area (Å²) in [6.45, 7) is 0.175. The number of carboxylic acid groups (broad SMARTS) is 1. The summed E-state index contributed by atoms with van der Waals surface area (Å²) in [5.41, 5.74) is 1.04. The minimum Gasteiger partial charge on any atom is -0.545 e. The predicted molar refractivity (Wildman–Crippen MR) is 107 cm³/mol. The first-order chi connectivity index (χ1) is 14.5. The van der Waals surface area contributed by atoms with Gasteiger partial charge < -0.3 is 19.4 Å². The van der Waals surface area contributed by atoms with Crippen molar-refractivity contribution in [1.29, 1.82) is 0 Å². The zero-order valence-electron chi connectivity index (χ0n) is 15.8. The van der Waals surface area contributed by atoms with Crippen molar-refractivity contribution in [2.45, 2.75) is 11.7 Å². The van der Waals surface area contributed by atoms with Crippen LogP contribution in [0.25, 0.3) is 0 Å². The molecule has 0 spiro atoms. The fraction of sp³-hybridized carbons (Fsp3) is 0.200. The van der Waals surface area contributed by atoms with Crippen LogP contribution in [0.2, 0.25) is 0 Å². The molecule has 0 bridgehead atoms. The number of amidine groups is 1. The van der Waals surface area contributed by atoms with Gasteiger partial charge in [-0.1, -0.05) is 12.1 Å². The Morgan fingerprint density at radius 3 is 2.60 bits per heavy atom. The molecule has 10 heteroatoms. The van der Waals surface area contributed by atoms with Crippen molar-refractivity contribution in [3.05, 3.63) is 48.0 Å². The van der Waals surface area contributed by atoms with Gasteiger partial charge in [-0.05, 0) is 41.6 Å². The van der Waals surface area contributed by atoms with Crippen LogP contribution in [0.3, 0.4) is 0 Å². The molecule has 30 heavy (non-hydrogen) atoms. The number of nitrogens with zero attached hydrogens (tertiary/aromatic N) is 1. The predicted octanol–water partition coefficient (Wildman–Crippen LogP) is -0.678. The molecular formula is C20H17N3O6S. The van der Waals surface area contributed by atoms with Crippen molar-refractivity contribution in [1.82, 2.24) is 0 Å². The number of benzene rings is 2. The van der Waals surface area contributed by atoms with E-state index in [1.165, 1.54) is 36.0 Å². The maximum atomic E-state index is 12.8. The number of nitrogens with one attached hydrogen (secondary N) is 2. The van der Waals surface area contributed by atoms with Crippen molar-refractivity contribution < 1.29 is 34.0 Å². The van der Waals surface area contributed by atoms with Gasteiger partial charge in [-0.2, -0.15) is 0 Å². The molecule has 2 aromatic rings. The molecular weight excluding hydrogens is 410 g/mol. The zero-order chi connectivity index (χ0) is 21.3. The van der Waals surface area contributed by atoms with E-state index in [0.29, 0.717) is 22.4 Å². The van der Waals surface area contributed by atoms with Crippen molar-refractivity contribution >= 4 is 46.1 Å². The Bertz CT molecular complexity index is 1050. The molecule has 0 aliphatic carbocycles. The Morgan fingerprint density at radius 1 is 1.17 bits per heavy atom. The molecule has 2 aromatic carbocycles. The van der Waals surface area contributed by atoms with Crippen LogP contribution in [-0.4, -0.2) is 42.0 Å². The van der Waals surface area contributed by atoms with Crippen LogP contribution >= 0.6 is 11.8 Å². The highest BCUT2D eigenvalue weighted by atomic mass is 32.2. The second kappa shape index (κ2) is 8.07. The second-order valence-corrected chi connectivity index (χ2v) is 7.70. The highest BCUT2D eigenvalue weighted by molar-refractivity contribution is 8.15. The van der Waals surface area contributed by atoms with Crippen LogP contribution in [0.4, 0.5) is 11.4 Å². The number of carboxylic acids is 1. The molecule has 154 valence electrons. The maximum Gasteiger partial charge on any atom is 0.309 e. The molecule has 9 nitrogen and oxygen atoms in total. The van der Waals surface area contributed by atoms with Crippen LogP contribution in [-0.2, 0) is 9.59 Å². The summed E-state index contributed by atoms with van der Waals surface area (Å²) in [5.74, 6) is -0.754. The van der Waals surface area contributed by atoms with Gasteiger partial charge in [0.25, 0.3) is 0 Å². The first-order valence-electron chi connectivity index (χ1n) is 9.02. The Morgan fingerprint density at radius 2 is 1.90 bits per heavy atom. The highest BCUT2D eigenvalue weighted by Crippen LogP contribution is 2.35. The van der Waals surface area contributed by atoms with Crippen molar-refractivity contribution in [3.63, 3.8) is 0 Å². The lowest BCUT2D eigenvalue weighted by Crippen LogP contribution is -2.69. The molecule has 1 unspecified atom stereocenters. The van der Waals surface area contributed by atoms with Crippen LogP contribution in [0.15, 0.2) is 42.5 Å². The minimum atomic E-state index is -1.32. The molecule has 2 amide bonds. The summed E-state index contributed by atoms with van der Waals surface area (Å²) in [6.07, 6.45) is 0.0275. The summed E-state index contributed by atoms with van der Waals surface area (Å²) in [6, 6.07) is 10.8. The zero-order valence-corrected chi connectivity index (χ0v) is 16.7. The van der Waals surface area contributed by atoms with E-state index >= 15 is 0 Å². The minimum absolute atomic E-state index is 0.0255. The van der Waals surface area contributed by atoms with Crippen LogP contribution < -0.4 is 29.8 Å². The molecule has 2 aliphatic rings. The largest absolute Gasteiger partial charge is 0.545 e. The topological polar surface area (TPSA) is 122 Å². The quantitative estimate of drug-likeness (QED) is 0.374. The lowest BCUT2D eigenvalue weighted by molar-refractivity contribution is -0.416. The van der Waals surface area contributed by atoms with Gasteiger partial charge in [0.15, 0.2) is 11.5 Å². The Kier molecular flexibility index (Phi) is 5.32. The first-order valence-corrected chi connectivity index (χ1v) is 9.90. The number of aromatic carboxylic acids is 1. The van der Waals surface area contributed by atoms with E-state index in [4.69, 9.17) is 9.47 Å². The number of thioether (sulfide) groups is 1. The first kappa shape index (κ1) is 19.8. The fourth-order valence-electron chi connectivity index (χ4n) is 3.11. The van der Waals surface area contributed by atoms with Gasteiger partial charge in [-0.15, -0.1) is 0 Å². The molecule has 0 radical (unpaired) electrons. The van der Waals surface area contributed by atoms with E-state index in [1.807, 2.05) is 6.07 Å². The molecule has 2 N–H and O–H groups in total. The number of amides is 2. The van der Waals surface area contributed by atoms with Gasteiger partial charge in [0.2, 0.25) is 18.6 Å². The van der Waals surface area contributed by atoms with E-state index in [9.17, 15) is 19.5 Å². The van der Waals surface area contributed by atoms with Gasteiger partial charge in [-0.25, -0.2) is 10.2 Å². The number of hydrogen-bond acceptors (Lipinski definition) is 7. The third-order valence-electron chi connectivity index (χ3n) is 4.58. The number of carbonyl (C=O) groups excluding carboxylic acids is 3. The average Bonchev–Trinajstić information content (AvgIpc) is 3.31. The second-order valence-electron chi connectivity index (χ2n) is 6.48. The molecule has 0 saturated carbocycles. The van der Waals surface area contributed by atoms with E-state index in [0.717, 1.165) is 10.6 Å². The molecule has 2 heterocycles. The van der Waals surface area contributed by atoms with E-state index < -0.39 is 11.2 Å². The number of ether oxygens (including phenoxy) is 2. The molecule has 0 aromatic heterocycles. The Labute approximate surface area is 175 Å². The van der Waals surface area contributed by atoms with Crippen molar-refractivity contribution in [2.24, 2.45) is 0 Å². The standard InChI is InChI=1S/C20H17N3O6S/c1-21-20(22-12-4-7-14-15(8-12)29-10-28-14)30-16-9-17(24)23(18(16)25)13-5-2-11(3-6-13)19(26)27/h2-8,16H,9-10H2,1H3,(H,21,22)(H,26,27). The number of rotatable bonds is 4. The van der Waals surface area contributed by atoms with Crippen molar-refractivity contribution in [2.75, 3.05) is 24.1 Å². The van der Waals surface area contributed by atoms with E-state index in [1.54, 1.807) is 19.2 Å². The molecule has 1 fully saturated rings. The maximum absolute atomic E-state index is 12.8. The summed E-state index contributed by atoms with van der Waals surface area (Å²) >= 11 is 1.20. The van der Waals surface area contributed by atoms with Gasteiger partial charge >= 0.3 is 5.17 Å². The monoisotopic (exact) mass is 427 g/mol. The van der Waals surface area contributed by atoms with E-state index in [-0.39, 0.29) is 30.6 Å². The fourth-order valence-corrected chi connectivity index (χ4v) is 4.12. The molecule has 1 atom stereocenters. The van der Waals surface area contributed by atoms with Crippen LogP contribution in [0, 0.1) is 0 Å². The van der Waals surface area contributed by atoms with Crippen molar-refractivity contribution in [3.8, 4) is 11.5 Å². The number of imide groups is 1. The highest BCUT2D eigenvalue weighted by Gasteiger charge is 2.41. The van der Waals surface area contributed by atoms with Gasteiger partial charge in [0, 0.05) is 12.5 Å². The Hall–Kier alpha value is -3.53. The molecule has 1 saturated heterocycles. The molecule has 4 rings (SSSR count). The molecule has 2 aliphatic heterocycles.